The van der Waals surface area contributed by atoms with Gasteiger partial charge in [0.25, 0.3) is 0 Å². The summed E-state index contributed by atoms with van der Waals surface area (Å²) in [6.07, 6.45) is 5.04. The Morgan fingerprint density at radius 3 is 2.58 bits per heavy atom. The molecule has 4 heterocycles. The third-order valence-corrected chi connectivity index (χ3v) is 5.44. The van der Waals surface area contributed by atoms with Crippen molar-refractivity contribution in [3.05, 3.63) is 89.6 Å². The van der Waals surface area contributed by atoms with Gasteiger partial charge in [-0.1, -0.05) is 17.3 Å². The molecule has 8 heteroatoms. The largest absolute Gasteiger partial charge is 0.315 e. The molecule has 0 bridgehead atoms. The van der Waals surface area contributed by atoms with E-state index in [4.69, 9.17) is 4.98 Å². The molecule has 0 radical (unpaired) electrons. The Kier molecular flexibility index (Phi) is 4.54. The number of hydrogen-bond donors (Lipinski definition) is 0. The number of hydrogen-bond acceptors (Lipinski definition) is 5. The number of benzene rings is 1. The monoisotopic (exact) mass is 413 g/mol. The summed E-state index contributed by atoms with van der Waals surface area (Å²) >= 11 is 0. The van der Waals surface area contributed by atoms with Crippen molar-refractivity contribution in [2.75, 3.05) is 0 Å². The van der Waals surface area contributed by atoms with E-state index in [0.717, 1.165) is 39.4 Å². The van der Waals surface area contributed by atoms with E-state index in [2.05, 4.69) is 20.3 Å². The summed E-state index contributed by atoms with van der Waals surface area (Å²) in [5.41, 5.74) is 5.56. The van der Waals surface area contributed by atoms with Crippen molar-refractivity contribution in [1.29, 1.82) is 0 Å². The van der Waals surface area contributed by atoms with Gasteiger partial charge in [-0.3, -0.25) is 9.97 Å². The van der Waals surface area contributed by atoms with E-state index in [-0.39, 0.29) is 5.82 Å². The molecule has 1 atom stereocenters. The van der Waals surface area contributed by atoms with Gasteiger partial charge < -0.3 is 4.57 Å². The fourth-order valence-corrected chi connectivity index (χ4v) is 4.11. The van der Waals surface area contributed by atoms with Crippen molar-refractivity contribution in [1.82, 2.24) is 34.5 Å². The van der Waals surface area contributed by atoms with E-state index in [1.165, 1.54) is 6.07 Å². The molecule has 0 amide bonds. The maximum Gasteiger partial charge on any atom is 0.147 e. The highest BCUT2D eigenvalue weighted by atomic mass is 19.1. The zero-order valence-corrected chi connectivity index (χ0v) is 17.4. The van der Waals surface area contributed by atoms with Crippen LogP contribution < -0.4 is 0 Å². The lowest BCUT2D eigenvalue weighted by atomic mass is 10.0. The van der Waals surface area contributed by atoms with Crippen molar-refractivity contribution < 1.29 is 4.39 Å². The van der Waals surface area contributed by atoms with Crippen LogP contribution in [0.3, 0.4) is 0 Å². The molecule has 0 spiro atoms. The van der Waals surface area contributed by atoms with Crippen LogP contribution in [0.1, 0.15) is 28.8 Å². The van der Waals surface area contributed by atoms with Crippen molar-refractivity contribution in [3.63, 3.8) is 0 Å². The molecule has 5 aromatic rings. The number of rotatable bonds is 4. The number of halogens is 1. The second kappa shape index (κ2) is 7.39. The van der Waals surface area contributed by atoms with Gasteiger partial charge in [0, 0.05) is 31.2 Å². The Morgan fingerprint density at radius 2 is 1.87 bits per heavy atom. The third-order valence-electron chi connectivity index (χ3n) is 5.44. The second-order valence-corrected chi connectivity index (χ2v) is 7.44. The lowest BCUT2D eigenvalue weighted by Crippen LogP contribution is -2.17. The molecule has 1 aromatic carbocycles. The van der Waals surface area contributed by atoms with Gasteiger partial charge in [-0.05, 0) is 49.7 Å². The van der Waals surface area contributed by atoms with Gasteiger partial charge in [-0.25, -0.2) is 14.1 Å². The molecule has 5 rings (SSSR count). The van der Waals surface area contributed by atoms with Crippen LogP contribution in [0, 0.1) is 19.7 Å². The van der Waals surface area contributed by atoms with E-state index in [0.29, 0.717) is 5.69 Å². The first-order valence-electron chi connectivity index (χ1n) is 9.90. The summed E-state index contributed by atoms with van der Waals surface area (Å²) in [4.78, 5) is 13.4. The van der Waals surface area contributed by atoms with E-state index in [9.17, 15) is 4.39 Å². The van der Waals surface area contributed by atoms with Gasteiger partial charge in [0.15, 0.2) is 0 Å². The molecule has 154 valence electrons. The lowest BCUT2D eigenvalue weighted by Gasteiger charge is -2.21. The van der Waals surface area contributed by atoms with E-state index in [1.54, 1.807) is 29.3 Å². The van der Waals surface area contributed by atoms with Gasteiger partial charge in [0.2, 0.25) is 0 Å². The Bertz CT molecular complexity index is 1370. The zero-order chi connectivity index (χ0) is 21.5. The van der Waals surface area contributed by atoms with Crippen LogP contribution in [0.2, 0.25) is 0 Å². The zero-order valence-electron chi connectivity index (χ0n) is 17.4. The predicted octanol–water partition coefficient (Wildman–Crippen LogP) is 4.02. The molecule has 0 saturated heterocycles. The summed E-state index contributed by atoms with van der Waals surface area (Å²) in [5.74, 6) is 0.381. The van der Waals surface area contributed by atoms with Crippen molar-refractivity contribution >= 4 is 11.0 Å². The number of imidazole rings is 1. The van der Waals surface area contributed by atoms with Crippen molar-refractivity contribution in [2.45, 2.75) is 19.9 Å². The van der Waals surface area contributed by atoms with Crippen LogP contribution in [-0.4, -0.2) is 34.5 Å². The summed E-state index contributed by atoms with van der Waals surface area (Å²) in [5, 5.41) is 8.28. The Labute approximate surface area is 178 Å². The minimum absolute atomic E-state index is 0.321. The molecule has 0 saturated carbocycles. The number of aromatic nitrogens is 7. The fraction of sp³-hybridized carbons (Fsp3) is 0.174. The third kappa shape index (κ3) is 3.16. The maximum absolute atomic E-state index is 14.9. The molecule has 0 fully saturated rings. The van der Waals surface area contributed by atoms with E-state index >= 15 is 0 Å². The highest BCUT2D eigenvalue weighted by Gasteiger charge is 2.25. The fourth-order valence-electron chi connectivity index (χ4n) is 4.11. The number of nitrogens with zero attached hydrogens (tertiary/aromatic N) is 7. The minimum atomic E-state index is -0.513. The lowest BCUT2D eigenvalue weighted by molar-refractivity contribution is 0.555. The van der Waals surface area contributed by atoms with Crippen LogP contribution in [0.25, 0.3) is 22.3 Å². The highest BCUT2D eigenvalue weighted by molar-refractivity contribution is 5.83. The molecule has 0 aliphatic carbocycles. The van der Waals surface area contributed by atoms with Gasteiger partial charge in [-0.15, -0.1) is 5.10 Å². The number of aryl methyl sites for hydroxylation is 3. The van der Waals surface area contributed by atoms with Gasteiger partial charge in [-0.2, -0.15) is 0 Å². The first-order chi connectivity index (χ1) is 15.0. The quantitative estimate of drug-likeness (QED) is 0.445. The highest BCUT2D eigenvalue weighted by Crippen LogP contribution is 2.33. The SMILES string of the molecule is Cc1nnn(C)c1-c1ccc2nc(C)n(C(c3cccnc3)c3ncccc3F)c2c1. The predicted molar refractivity (Wildman–Crippen MR) is 115 cm³/mol. The molecule has 0 aliphatic heterocycles. The number of pyridine rings is 2. The van der Waals surface area contributed by atoms with Crippen LogP contribution in [0.5, 0.6) is 0 Å². The van der Waals surface area contributed by atoms with Gasteiger partial charge in [0.05, 0.1) is 22.4 Å². The summed E-state index contributed by atoms with van der Waals surface area (Å²) in [6, 6.07) is 12.3. The van der Waals surface area contributed by atoms with Crippen LogP contribution >= 0.6 is 0 Å². The van der Waals surface area contributed by atoms with Crippen molar-refractivity contribution in [2.24, 2.45) is 7.05 Å². The normalized spacial score (nSPS) is 12.4. The summed E-state index contributed by atoms with van der Waals surface area (Å²) < 4.78 is 18.7. The van der Waals surface area contributed by atoms with Crippen molar-refractivity contribution in [3.8, 4) is 11.3 Å². The van der Waals surface area contributed by atoms with Gasteiger partial charge in [0.1, 0.15) is 23.4 Å². The smallest absolute Gasteiger partial charge is 0.147 e. The Balaban J connectivity index is 1.79. The Hall–Kier alpha value is -3.94. The molecule has 0 aliphatic rings. The summed E-state index contributed by atoms with van der Waals surface area (Å²) in [6.45, 7) is 3.84. The van der Waals surface area contributed by atoms with Crippen LogP contribution in [0.4, 0.5) is 4.39 Å². The molecule has 1 unspecified atom stereocenters. The maximum atomic E-state index is 14.9. The average Bonchev–Trinajstić information content (AvgIpc) is 3.28. The molecule has 0 N–H and O–H groups in total. The molecular weight excluding hydrogens is 393 g/mol. The summed E-state index contributed by atoms with van der Waals surface area (Å²) in [7, 11) is 1.86. The standard InChI is InChI=1S/C23H20FN7/c1-14-22(30(3)29-28-14)16-8-9-19-20(12-16)31(15(2)27-19)23(17-6-4-10-25-13-17)21-18(24)7-5-11-26-21/h4-13,23H,1-3H3. The van der Waals surface area contributed by atoms with E-state index in [1.807, 2.05) is 55.8 Å². The first-order valence-corrected chi connectivity index (χ1v) is 9.90. The molecule has 7 nitrogen and oxygen atoms in total. The number of fused-ring (bicyclic) bond motifs is 1. The van der Waals surface area contributed by atoms with E-state index < -0.39 is 6.04 Å². The topological polar surface area (TPSA) is 74.3 Å². The van der Waals surface area contributed by atoms with Crippen LogP contribution in [0.15, 0.2) is 61.1 Å². The minimum Gasteiger partial charge on any atom is -0.315 e. The molecule has 4 aromatic heterocycles. The first kappa shape index (κ1) is 19.0. The van der Waals surface area contributed by atoms with Gasteiger partial charge >= 0.3 is 0 Å². The molecular formula is C23H20FN7. The Morgan fingerprint density at radius 1 is 1.03 bits per heavy atom. The average molecular weight is 413 g/mol. The molecule has 31 heavy (non-hydrogen) atoms. The van der Waals surface area contributed by atoms with Crippen LogP contribution in [-0.2, 0) is 7.05 Å². The second-order valence-electron chi connectivity index (χ2n) is 7.44.